The van der Waals surface area contributed by atoms with Crippen molar-refractivity contribution in [3.8, 4) is 11.5 Å². The van der Waals surface area contributed by atoms with Gasteiger partial charge in [-0.05, 0) is 35.4 Å². The first kappa shape index (κ1) is 13.9. The Kier molecular flexibility index (Phi) is 5.21. The van der Waals surface area contributed by atoms with Crippen LogP contribution in [0.4, 0.5) is 0 Å². The van der Waals surface area contributed by atoms with Gasteiger partial charge in [-0.1, -0.05) is 22.0 Å². The summed E-state index contributed by atoms with van der Waals surface area (Å²) in [6.07, 6.45) is 4.44. The molecule has 0 aliphatic carbocycles. The highest BCUT2D eigenvalue weighted by atomic mass is 79.9. The Hall–Kier alpha value is -1.55. The maximum absolute atomic E-state index is 5.81. The second-order valence-electron chi connectivity index (χ2n) is 4.07. The van der Waals surface area contributed by atoms with E-state index < -0.39 is 0 Å². The molecule has 0 atom stereocenters. The van der Waals surface area contributed by atoms with Crippen molar-refractivity contribution in [1.29, 1.82) is 0 Å². The van der Waals surface area contributed by atoms with E-state index in [0.29, 0.717) is 6.61 Å². The minimum atomic E-state index is 0.617. The Morgan fingerprint density at radius 3 is 2.53 bits per heavy atom. The van der Waals surface area contributed by atoms with Crippen LogP contribution < -0.4 is 9.47 Å². The number of benzene rings is 1. The van der Waals surface area contributed by atoms with Crippen molar-refractivity contribution in [2.24, 2.45) is 0 Å². The Bertz CT molecular complexity index is 517. The molecule has 0 radical (unpaired) electrons. The molecule has 100 valence electrons. The van der Waals surface area contributed by atoms with Crippen molar-refractivity contribution < 1.29 is 9.47 Å². The van der Waals surface area contributed by atoms with Gasteiger partial charge in [0.15, 0.2) is 11.5 Å². The van der Waals surface area contributed by atoms with Gasteiger partial charge in [0, 0.05) is 24.1 Å². The third kappa shape index (κ3) is 3.96. The summed E-state index contributed by atoms with van der Waals surface area (Å²) in [6, 6.07) is 9.94. The number of methoxy groups -OCH3 is 1. The molecule has 0 aliphatic heterocycles. The number of nitrogens with zero attached hydrogens (tertiary/aromatic N) is 1. The number of aromatic nitrogens is 1. The second-order valence-corrected chi connectivity index (χ2v) is 4.63. The van der Waals surface area contributed by atoms with Gasteiger partial charge in [0.2, 0.25) is 0 Å². The van der Waals surface area contributed by atoms with Crippen LogP contribution in [0.2, 0.25) is 0 Å². The normalized spacial score (nSPS) is 10.2. The number of hydrogen-bond donors (Lipinski definition) is 0. The van der Waals surface area contributed by atoms with Crippen LogP contribution in [0.15, 0.2) is 42.7 Å². The maximum Gasteiger partial charge on any atom is 0.161 e. The summed E-state index contributed by atoms with van der Waals surface area (Å²) in [6.45, 7) is 0.617. The summed E-state index contributed by atoms with van der Waals surface area (Å²) >= 11 is 3.44. The first-order chi connectivity index (χ1) is 9.33. The number of rotatable bonds is 6. The molecule has 1 heterocycles. The molecule has 0 fully saturated rings. The fourth-order valence-electron chi connectivity index (χ4n) is 1.75. The fourth-order valence-corrected chi connectivity index (χ4v) is 2.09. The summed E-state index contributed by atoms with van der Waals surface area (Å²) in [5.74, 6) is 1.55. The van der Waals surface area contributed by atoms with E-state index in [9.17, 15) is 0 Å². The van der Waals surface area contributed by atoms with Gasteiger partial charge >= 0.3 is 0 Å². The van der Waals surface area contributed by atoms with E-state index in [1.165, 1.54) is 11.1 Å². The summed E-state index contributed by atoms with van der Waals surface area (Å²) in [5.41, 5.74) is 2.38. The molecule has 0 spiro atoms. The van der Waals surface area contributed by atoms with E-state index in [0.717, 1.165) is 23.2 Å². The zero-order valence-electron chi connectivity index (χ0n) is 10.8. The molecule has 0 bridgehead atoms. The van der Waals surface area contributed by atoms with Gasteiger partial charge < -0.3 is 9.47 Å². The van der Waals surface area contributed by atoms with E-state index in [-0.39, 0.29) is 0 Å². The highest BCUT2D eigenvalue weighted by molar-refractivity contribution is 9.08. The van der Waals surface area contributed by atoms with Crippen molar-refractivity contribution in [2.45, 2.75) is 11.8 Å². The van der Waals surface area contributed by atoms with E-state index in [2.05, 4.69) is 20.9 Å². The number of ether oxygens (including phenoxy) is 2. The molecule has 4 heteroatoms. The van der Waals surface area contributed by atoms with E-state index >= 15 is 0 Å². The summed E-state index contributed by atoms with van der Waals surface area (Å²) < 4.78 is 11.1. The van der Waals surface area contributed by atoms with E-state index in [1.54, 1.807) is 19.5 Å². The topological polar surface area (TPSA) is 31.4 Å². The lowest BCUT2D eigenvalue weighted by Gasteiger charge is -2.11. The zero-order valence-corrected chi connectivity index (χ0v) is 12.4. The Morgan fingerprint density at radius 2 is 1.84 bits per heavy atom. The van der Waals surface area contributed by atoms with Crippen molar-refractivity contribution >= 4 is 15.9 Å². The number of hydrogen-bond acceptors (Lipinski definition) is 3. The predicted molar refractivity (Wildman–Crippen MR) is 79.1 cm³/mol. The van der Waals surface area contributed by atoms with Gasteiger partial charge in [-0.25, -0.2) is 0 Å². The molecule has 3 nitrogen and oxygen atoms in total. The molecule has 0 aliphatic rings. The standard InChI is InChI=1S/C15H16BrNO2/c1-18-14-3-2-13(11-16)10-15(14)19-9-6-12-4-7-17-8-5-12/h2-5,7-8,10H,6,9,11H2,1H3. The molecule has 0 saturated heterocycles. The molecule has 2 rings (SSSR count). The molecule has 0 unspecified atom stereocenters. The molecular weight excluding hydrogens is 306 g/mol. The molecule has 0 saturated carbocycles. The van der Waals surface area contributed by atoms with E-state index in [4.69, 9.17) is 9.47 Å². The van der Waals surface area contributed by atoms with E-state index in [1.807, 2.05) is 30.3 Å². The van der Waals surface area contributed by atoms with Gasteiger partial charge in [-0.2, -0.15) is 0 Å². The smallest absolute Gasteiger partial charge is 0.161 e. The first-order valence-electron chi connectivity index (χ1n) is 6.08. The van der Waals surface area contributed by atoms with Crippen molar-refractivity contribution in [1.82, 2.24) is 4.98 Å². The number of alkyl halides is 1. The number of pyridine rings is 1. The first-order valence-corrected chi connectivity index (χ1v) is 7.20. The minimum absolute atomic E-state index is 0.617. The zero-order chi connectivity index (χ0) is 13.5. The monoisotopic (exact) mass is 321 g/mol. The van der Waals surface area contributed by atoms with Crippen molar-refractivity contribution in [2.75, 3.05) is 13.7 Å². The molecule has 19 heavy (non-hydrogen) atoms. The molecule has 0 amide bonds. The van der Waals surface area contributed by atoms with Gasteiger partial charge in [-0.15, -0.1) is 0 Å². The summed E-state index contributed by atoms with van der Waals surface area (Å²) in [7, 11) is 1.65. The molecule has 1 aromatic carbocycles. The quantitative estimate of drug-likeness (QED) is 0.762. The van der Waals surface area contributed by atoms with Crippen molar-refractivity contribution in [3.63, 3.8) is 0 Å². The highest BCUT2D eigenvalue weighted by Gasteiger charge is 2.05. The largest absolute Gasteiger partial charge is 0.493 e. The average molecular weight is 322 g/mol. The SMILES string of the molecule is COc1ccc(CBr)cc1OCCc1ccncc1. The fraction of sp³-hybridized carbons (Fsp3) is 0.267. The molecular formula is C15H16BrNO2. The lowest BCUT2D eigenvalue weighted by molar-refractivity contribution is 0.297. The lowest BCUT2D eigenvalue weighted by atomic mass is 10.2. The molecule has 0 N–H and O–H groups in total. The predicted octanol–water partition coefficient (Wildman–Crippen LogP) is 3.61. The van der Waals surface area contributed by atoms with Gasteiger partial charge in [-0.3, -0.25) is 4.98 Å². The van der Waals surface area contributed by atoms with Gasteiger partial charge in [0.25, 0.3) is 0 Å². The van der Waals surface area contributed by atoms with Crippen LogP contribution >= 0.6 is 15.9 Å². The molecule has 2 aromatic rings. The third-order valence-corrected chi connectivity index (χ3v) is 3.43. The second kappa shape index (κ2) is 7.14. The summed E-state index contributed by atoms with van der Waals surface area (Å²) in [4.78, 5) is 4.00. The minimum Gasteiger partial charge on any atom is -0.493 e. The average Bonchev–Trinajstić information content (AvgIpc) is 2.48. The Morgan fingerprint density at radius 1 is 1.05 bits per heavy atom. The third-order valence-electron chi connectivity index (χ3n) is 2.78. The van der Waals surface area contributed by atoms with Crippen LogP contribution in [-0.4, -0.2) is 18.7 Å². The lowest BCUT2D eigenvalue weighted by Crippen LogP contribution is -2.03. The summed E-state index contributed by atoms with van der Waals surface area (Å²) in [5, 5.41) is 0.803. The Balaban J connectivity index is 1.98. The van der Waals surface area contributed by atoms with Gasteiger partial charge in [0.05, 0.1) is 13.7 Å². The Labute approximate surface area is 121 Å². The van der Waals surface area contributed by atoms with Crippen LogP contribution in [0.1, 0.15) is 11.1 Å². The van der Waals surface area contributed by atoms with Crippen LogP contribution in [0.25, 0.3) is 0 Å². The van der Waals surface area contributed by atoms with Crippen LogP contribution in [0.5, 0.6) is 11.5 Å². The maximum atomic E-state index is 5.81. The molecule has 1 aromatic heterocycles. The van der Waals surface area contributed by atoms with Crippen LogP contribution in [0.3, 0.4) is 0 Å². The van der Waals surface area contributed by atoms with Crippen molar-refractivity contribution in [3.05, 3.63) is 53.9 Å². The number of halogens is 1. The van der Waals surface area contributed by atoms with Crippen LogP contribution in [-0.2, 0) is 11.8 Å². The van der Waals surface area contributed by atoms with Gasteiger partial charge in [0.1, 0.15) is 0 Å². The highest BCUT2D eigenvalue weighted by Crippen LogP contribution is 2.28. The van der Waals surface area contributed by atoms with Crippen LogP contribution in [0, 0.1) is 0 Å².